The van der Waals surface area contributed by atoms with E-state index >= 15 is 0 Å². The van der Waals surface area contributed by atoms with Gasteiger partial charge in [0.1, 0.15) is 5.82 Å². The number of carbonyl (C=O) groups excluding carboxylic acids is 1. The molecule has 1 amide bonds. The van der Waals surface area contributed by atoms with E-state index in [1.807, 2.05) is 36.7 Å². The maximum absolute atomic E-state index is 12.9. The summed E-state index contributed by atoms with van der Waals surface area (Å²) < 4.78 is 1.89. The molecule has 2 atom stereocenters. The van der Waals surface area contributed by atoms with E-state index in [4.69, 9.17) is 5.10 Å². The third-order valence-corrected chi connectivity index (χ3v) is 7.82. The molecule has 4 aromatic rings. The molecule has 3 heterocycles. The Kier molecular flexibility index (Phi) is 5.20. The van der Waals surface area contributed by atoms with Crippen LogP contribution in [0.4, 0.5) is 5.82 Å². The van der Waals surface area contributed by atoms with Crippen LogP contribution in [0.15, 0.2) is 65.4 Å². The maximum Gasteiger partial charge on any atom is 0.238 e. The van der Waals surface area contributed by atoms with Gasteiger partial charge in [0.2, 0.25) is 5.91 Å². The second kappa shape index (κ2) is 8.02. The molecule has 31 heavy (non-hydrogen) atoms. The van der Waals surface area contributed by atoms with Gasteiger partial charge in [-0.1, -0.05) is 42.5 Å². The molecule has 6 heteroatoms. The van der Waals surface area contributed by atoms with Crippen molar-refractivity contribution in [1.82, 2.24) is 9.78 Å². The fourth-order valence-electron chi connectivity index (χ4n) is 4.03. The molecule has 1 aliphatic rings. The van der Waals surface area contributed by atoms with Crippen LogP contribution in [-0.4, -0.2) is 20.9 Å². The molecule has 0 saturated carbocycles. The number of hydrogen-bond donors (Lipinski definition) is 1. The molecule has 2 aromatic carbocycles. The van der Waals surface area contributed by atoms with Gasteiger partial charge >= 0.3 is 0 Å². The molecule has 0 spiro atoms. The smallest absolute Gasteiger partial charge is 0.238 e. The molecule has 2 aromatic heterocycles. The van der Waals surface area contributed by atoms with Gasteiger partial charge in [0.05, 0.1) is 21.9 Å². The standard InChI is InChI=1S/C25H23N3OS2/c1-15-6-4-5-7-21(15)28-24-22(16(2)27-28)23(31-17(3)25(29)26-24)19-10-8-18(9-11-19)20-12-13-30-14-20/h4-14,17,23H,1-3H3,(H,26,29)/t17-,23+/m0/s1. The first-order valence-corrected chi connectivity index (χ1v) is 12.2. The largest absolute Gasteiger partial charge is 0.309 e. The van der Waals surface area contributed by atoms with Crippen LogP contribution < -0.4 is 5.32 Å². The number of hydrogen-bond acceptors (Lipinski definition) is 4. The van der Waals surface area contributed by atoms with Crippen LogP contribution in [0.2, 0.25) is 0 Å². The first-order chi connectivity index (χ1) is 15.0. The quantitative estimate of drug-likeness (QED) is 0.398. The lowest BCUT2D eigenvalue weighted by Gasteiger charge is -2.18. The van der Waals surface area contributed by atoms with Crippen molar-refractivity contribution in [1.29, 1.82) is 0 Å². The predicted octanol–water partition coefficient (Wildman–Crippen LogP) is 6.38. The molecule has 0 unspecified atom stereocenters. The average Bonchev–Trinajstić information content (AvgIpc) is 3.38. The van der Waals surface area contributed by atoms with E-state index in [0.29, 0.717) is 0 Å². The van der Waals surface area contributed by atoms with E-state index in [-0.39, 0.29) is 16.4 Å². The van der Waals surface area contributed by atoms with E-state index < -0.39 is 0 Å². The van der Waals surface area contributed by atoms with Crippen molar-refractivity contribution in [3.63, 3.8) is 0 Å². The predicted molar refractivity (Wildman–Crippen MR) is 130 cm³/mol. The van der Waals surface area contributed by atoms with Crippen molar-refractivity contribution in [2.75, 3.05) is 5.32 Å². The van der Waals surface area contributed by atoms with Gasteiger partial charge < -0.3 is 5.32 Å². The zero-order valence-corrected chi connectivity index (χ0v) is 19.3. The Labute approximate surface area is 190 Å². The highest BCUT2D eigenvalue weighted by Gasteiger charge is 2.34. The van der Waals surface area contributed by atoms with Crippen LogP contribution in [0.1, 0.15) is 34.6 Å². The third kappa shape index (κ3) is 3.60. The Morgan fingerprint density at radius 1 is 1.00 bits per heavy atom. The van der Waals surface area contributed by atoms with Crippen LogP contribution in [0, 0.1) is 13.8 Å². The molecular formula is C25H23N3OS2. The van der Waals surface area contributed by atoms with Gasteiger partial charge in [-0.15, -0.1) is 11.8 Å². The van der Waals surface area contributed by atoms with Gasteiger partial charge in [-0.25, -0.2) is 4.68 Å². The fourth-order valence-corrected chi connectivity index (χ4v) is 6.01. The van der Waals surface area contributed by atoms with Gasteiger partial charge in [0.25, 0.3) is 0 Å². The van der Waals surface area contributed by atoms with Gasteiger partial charge in [0, 0.05) is 5.56 Å². The summed E-state index contributed by atoms with van der Waals surface area (Å²) in [7, 11) is 0. The first-order valence-electron chi connectivity index (χ1n) is 10.3. The highest BCUT2D eigenvalue weighted by atomic mass is 32.2. The van der Waals surface area contributed by atoms with Crippen molar-refractivity contribution < 1.29 is 4.79 Å². The van der Waals surface area contributed by atoms with E-state index in [0.717, 1.165) is 28.3 Å². The number of aryl methyl sites for hydroxylation is 2. The minimum atomic E-state index is -0.168. The average molecular weight is 446 g/mol. The van der Waals surface area contributed by atoms with Crippen molar-refractivity contribution in [2.24, 2.45) is 0 Å². The minimum absolute atomic E-state index is 0.0124. The Bertz CT molecular complexity index is 1240. The Morgan fingerprint density at radius 3 is 2.48 bits per heavy atom. The van der Waals surface area contributed by atoms with Crippen LogP contribution in [0.5, 0.6) is 0 Å². The second-order valence-electron chi connectivity index (χ2n) is 7.83. The summed E-state index contributed by atoms with van der Waals surface area (Å²) >= 11 is 3.38. The number of nitrogens with zero attached hydrogens (tertiary/aromatic N) is 2. The van der Waals surface area contributed by atoms with Gasteiger partial charge in [-0.05, 0) is 65.9 Å². The fraction of sp³-hybridized carbons (Fsp3) is 0.200. The van der Waals surface area contributed by atoms with E-state index in [1.54, 1.807) is 23.1 Å². The summed E-state index contributed by atoms with van der Waals surface area (Å²) in [5, 5.41) is 12.1. The Balaban J connectivity index is 1.63. The number of thioether (sulfide) groups is 1. The molecular weight excluding hydrogens is 422 g/mol. The summed E-state index contributed by atoms with van der Waals surface area (Å²) in [6, 6.07) is 19.0. The van der Waals surface area contributed by atoms with Crippen molar-refractivity contribution >= 4 is 34.8 Å². The topological polar surface area (TPSA) is 46.9 Å². The summed E-state index contributed by atoms with van der Waals surface area (Å²) in [6.45, 7) is 6.07. The molecule has 0 saturated heterocycles. The van der Waals surface area contributed by atoms with E-state index in [2.05, 4.69) is 59.4 Å². The lowest BCUT2D eigenvalue weighted by Crippen LogP contribution is -2.22. The molecule has 156 valence electrons. The summed E-state index contributed by atoms with van der Waals surface area (Å²) in [5.41, 5.74) is 7.74. The van der Waals surface area contributed by atoms with Crippen LogP contribution in [0.3, 0.4) is 0 Å². The molecule has 0 radical (unpaired) electrons. The molecule has 0 bridgehead atoms. The minimum Gasteiger partial charge on any atom is -0.309 e. The molecule has 1 aliphatic heterocycles. The highest BCUT2D eigenvalue weighted by Crippen LogP contribution is 2.46. The first kappa shape index (κ1) is 20.1. The second-order valence-corrected chi connectivity index (χ2v) is 10.1. The number of anilines is 1. The summed E-state index contributed by atoms with van der Waals surface area (Å²) in [6.07, 6.45) is 0. The summed E-state index contributed by atoms with van der Waals surface area (Å²) in [5.74, 6) is 0.791. The van der Waals surface area contributed by atoms with Crippen molar-refractivity contribution in [2.45, 2.75) is 31.3 Å². The zero-order chi connectivity index (χ0) is 21.5. The monoisotopic (exact) mass is 445 g/mol. The number of rotatable bonds is 3. The number of amides is 1. The number of carbonyl (C=O) groups is 1. The number of benzene rings is 2. The zero-order valence-electron chi connectivity index (χ0n) is 17.6. The molecule has 4 nitrogen and oxygen atoms in total. The van der Waals surface area contributed by atoms with E-state index in [1.165, 1.54) is 16.7 Å². The number of thiophene rings is 1. The normalized spacial score (nSPS) is 18.4. The lowest BCUT2D eigenvalue weighted by atomic mass is 10.0. The Morgan fingerprint density at radius 2 is 1.77 bits per heavy atom. The number of nitrogens with one attached hydrogen (secondary N) is 1. The molecule has 0 fully saturated rings. The Hall–Kier alpha value is -2.83. The van der Waals surface area contributed by atoms with Crippen molar-refractivity contribution in [3.8, 4) is 16.8 Å². The van der Waals surface area contributed by atoms with Gasteiger partial charge in [0.15, 0.2) is 0 Å². The molecule has 5 rings (SSSR count). The summed E-state index contributed by atoms with van der Waals surface area (Å²) in [4.78, 5) is 12.9. The van der Waals surface area contributed by atoms with Crippen LogP contribution in [0.25, 0.3) is 16.8 Å². The SMILES string of the molecule is Cc1ccccc1-n1nc(C)c2c1NC(=O)[C@H](C)S[C@@H]2c1ccc(-c2ccsc2)cc1. The molecule has 1 N–H and O–H groups in total. The lowest BCUT2D eigenvalue weighted by molar-refractivity contribution is -0.115. The molecule has 0 aliphatic carbocycles. The van der Waals surface area contributed by atoms with Gasteiger partial charge in [-0.2, -0.15) is 16.4 Å². The van der Waals surface area contributed by atoms with Crippen LogP contribution in [-0.2, 0) is 4.79 Å². The van der Waals surface area contributed by atoms with Crippen LogP contribution >= 0.6 is 23.1 Å². The van der Waals surface area contributed by atoms with Gasteiger partial charge in [-0.3, -0.25) is 4.79 Å². The number of para-hydroxylation sites is 1. The van der Waals surface area contributed by atoms with E-state index in [9.17, 15) is 4.79 Å². The maximum atomic E-state index is 12.9. The number of aromatic nitrogens is 2. The van der Waals surface area contributed by atoms with Crippen molar-refractivity contribution in [3.05, 3.63) is 87.7 Å². The third-order valence-electron chi connectivity index (χ3n) is 5.73. The highest BCUT2D eigenvalue weighted by molar-refractivity contribution is 8.01. The number of fused-ring (bicyclic) bond motifs is 1.